The number of aryl methyl sites for hydroxylation is 2. The molecule has 1 fully saturated rings. The van der Waals surface area contributed by atoms with Crippen molar-refractivity contribution in [3.8, 4) is 0 Å². The summed E-state index contributed by atoms with van der Waals surface area (Å²) >= 11 is 0. The number of aromatic nitrogens is 2. The summed E-state index contributed by atoms with van der Waals surface area (Å²) in [5.41, 5.74) is 1.14. The number of sulfonamides is 1. The molecule has 2 aromatic rings. The van der Waals surface area contributed by atoms with E-state index in [0.29, 0.717) is 11.5 Å². The first-order valence-corrected chi connectivity index (χ1v) is 8.74. The molecule has 0 spiro atoms. The highest BCUT2D eigenvalue weighted by Crippen LogP contribution is 2.39. The number of pyridine rings is 1. The third-order valence-corrected chi connectivity index (χ3v) is 6.18. The zero-order chi connectivity index (χ0) is 15.9. The maximum absolute atomic E-state index is 13.1. The van der Waals surface area contributed by atoms with Gasteiger partial charge < -0.3 is 4.52 Å². The minimum Gasteiger partial charge on any atom is -0.360 e. The summed E-state index contributed by atoms with van der Waals surface area (Å²) < 4.78 is 32.9. The molecule has 1 saturated carbocycles. The first kappa shape index (κ1) is 15.2. The Labute approximate surface area is 130 Å². The molecular weight excluding hydrogens is 302 g/mol. The van der Waals surface area contributed by atoms with Gasteiger partial charge >= 0.3 is 0 Å². The fraction of sp³-hybridized carbons (Fsp3) is 0.467. The van der Waals surface area contributed by atoms with E-state index in [0.717, 1.165) is 18.5 Å². The fourth-order valence-corrected chi connectivity index (χ4v) is 4.90. The molecule has 0 aromatic carbocycles. The van der Waals surface area contributed by atoms with Gasteiger partial charge in [-0.15, -0.1) is 0 Å². The van der Waals surface area contributed by atoms with Gasteiger partial charge in [0.15, 0.2) is 5.76 Å². The number of rotatable bonds is 5. The molecule has 1 aliphatic rings. The molecule has 0 amide bonds. The monoisotopic (exact) mass is 321 g/mol. The molecule has 22 heavy (non-hydrogen) atoms. The quantitative estimate of drug-likeness (QED) is 0.846. The Morgan fingerprint density at radius 3 is 2.55 bits per heavy atom. The van der Waals surface area contributed by atoms with E-state index in [9.17, 15) is 8.42 Å². The Kier molecular flexibility index (Phi) is 3.78. The Morgan fingerprint density at radius 1 is 1.32 bits per heavy atom. The second-order valence-electron chi connectivity index (χ2n) is 5.65. The molecule has 0 unspecified atom stereocenters. The third kappa shape index (κ3) is 2.55. The third-order valence-electron chi connectivity index (χ3n) is 3.91. The summed E-state index contributed by atoms with van der Waals surface area (Å²) in [5.74, 6) is 0.330. The van der Waals surface area contributed by atoms with Gasteiger partial charge in [0.2, 0.25) is 10.0 Å². The molecule has 2 aromatic heterocycles. The van der Waals surface area contributed by atoms with Gasteiger partial charge in [-0.3, -0.25) is 4.98 Å². The van der Waals surface area contributed by atoms with Gasteiger partial charge in [-0.1, -0.05) is 11.2 Å². The molecule has 0 N–H and O–H groups in total. The zero-order valence-electron chi connectivity index (χ0n) is 12.9. The first-order valence-electron chi connectivity index (χ1n) is 7.30. The van der Waals surface area contributed by atoms with Crippen LogP contribution in [0.5, 0.6) is 0 Å². The highest BCUT2D eigenvalue weighted by molar-refractivity contribution is 7.89. The Bertz CT molecular complexity index is 747. The molecule has 0 aliphatic heterocycles. The maximum Gasteiger partial charge on any atom is 0.249 e. The molecule has 6 nitrogen and oxygen atoms in total. The van der Waals surface area contributed by atoms with E-state index in [1.165, 1.54) is 0 Å². The van der Waals surface area contributed by atoms with Crippen LogP contribution in [0.4, 0.5) is 0 Å². The van der Waals surface area contributed by atoms with Crippen LogP contribution in [0.15, 0.2) is 33.8 Å². The molecule has 1 atom stereocenters. The number of nitrogens with zero attached hydrogens (tertiary/aromatic N) is 3. The van der Waals surface area contributed by atoms with Crippen LogP contribution in [0.3, 0.4) is 0 Å². The maximum atomic E-state index is 13.1. The van der Waals surface area contributed by atoms with Crippen molar-refractivity contribution >= 4 is 10.0 Å². The van der Waals surface area contributed by atoms with E-state index in [2.05, 4.69) is 10.1 Å². The van der Waals surface area contributed by atoms with Gasteiger partial charge in [0, 0.05) is 12.2 Å². The van der Waals surface area contributed by atoms with E-state index < -0.39 is 10.0 Å². The van der Waals surface area contributed by atoms with Crippen LogP contribution in [0.25, 0.3) is 0 Å². The van der Waals surface area contributed by atoms with Gasteiger partial charge in [-0.05, 0) is 45.7 Å². The van der Waals surface area contributed by atoms with Crippen LogP contribution in [0.2, 0.25) is 0 Å². The molecule has 2 heterocycles. The molecule has 0 saturated heterocycles. The van der Waals surface area contributed by atoms with Crippen molar-refractivity contribution in [1.29, 1.82) is 0 Å². The summed E-state index contributed by atoms with van der Waals surface area (Å²) in [6.07, 6.45) is 3.43. The van der Waals surface area contributed by atoms with E-state index in [1.54, 1.807) is 24.3 Å². The predicted molar refractivity (Wildman–Crippen MR) is 80.7 cm³/mol. The topological polar surface area (TPSA) is 76.3 Å². The largest absolute Gasteiger partial charge is 0.360 e. The summed E-state index contributed by atoms with van der Waals surface area (Å²) in [4.78, 5) is 4.49. The molecule has 118 valence electrons. The number of hydrogen-bond acceptors (Lipinski definition) is 5. The lowest BCUT2D eigenvalue weighted by atomic mass is 10.2. The van der Waals surface area contributed by atoms with Gasteiger partial charge in [0.05, 0.1) is 11.7 Å². The summed E-state index contributed by atoms with van der Waals surface area (Å²) in [7, 11) is -3.67. The highest BCUT2D eigenvalue weighted by Gasteiger charge is 2.44. The summed E-state index contributed by atoms with van der Waals surface area (Å²) in [6.45, 7) is 5.15. The van der Waals surface area contributed by atoms with Crippen molar-refractivity contribution in [3.05, 3.63) is 41.5 Å². The number of hydrogen-bond donors (Lipinski definition) is 0. The molecule has 0 radical (unpaired) electrons. The van der Waals surface area contributed by atoms with Crippen LogP contribution >= 0.6 is 0 Å². The van der Waals surface area contributed by atoms with Crippen molar-refractivity contribution in [2.45, 2.75) is 50.6 Å². The second-order valence-corrected chi connectivity index (χ2v) is 7.43. The fourth-order valence-electron chi connectivity index (χ4n) is 2.75. The Balaban J connectivity index is 2.05. The summed E-state index contributed by atoms with van der Waals surface area (Å²) in [5, 5.41) is 3.78. The van der Waals surface area contributed by atoms with Crippen molar-refractivity contribution in [3.63, 3.8) is 0 Å². The normalized spacial score (nSPS) is 16.9. The molecule has 7 heteroatoms. The van der Waals surface area contributed by atoms with E-state index in [1.807, 2.05) is 25.1 Å². The molecule has 3 rings (SSSR count). The lowest BCUT2D eigenvalue weighted by Crippen LogP contribution is -2.36. The van der Waals surface area contributed by atoms with Gasteiger partial charge in [-0.2, -0.15) is 4.31 Å². The average molecular weight is 321 g/mol. The summed E-state index contributed by atoms with van der Waals surface area (Å²) in [6, 6.07) is 5.23. The van der Waals surface area contributed by atoms with E-state index >= 15 is 0 Å². The van der Waals surface area contributed by atoms with Crippen molar-refractivity contribution in [2.24, 2.45) is 0 Å². The van der Waals surface area contributed by atoms with Crippen molar-refractivity contribution in [2.75, 3.05) is 0 Å². The van der Waals surface area contributed by atoms with Crippen LogP contribution in [0, 0.1) is 13.8 Å². The van der Waals surface area contributed by atoms with Crippen LogP contribution in [-0.2, 0) is 10.0 Å². The van der Waals surface area contributed by atoms with Crippen LogP contribution in [-0.4, -0.2) is 28.9 Å². The van der Waals surface area contributed by atoms with Gasteiger partial charge in [0.25, 0.3) is 0 Å². The second kappa shape index (κ2) is 5.48. The van der Waals surface area contributed by atoms with E-state index in [4.69, 9.17) is 4.52 Å². The lowest BCUT2D eigenvalue weighted by Gasteiger charge is -2.27. The Hall–Kier alpha value is -1.73. The highest BCUT2D eigenvalue weighted by atomic mass is 32.2. The van der Waals surface area contributed by atoms with Crippen molar-refractivity contribution in [1.82, 2.24) is 14.4 Å². The Morgan fingerprint density at radius 2 is 2.05 bits per heavy atom. The first-order chi connectivity index (χ1) is 10.4. The molecule has 1 aliphatic carbocycles. The standard InChI is InChI=1S/C15H19N3O3S/c1-10-15(12(3)21-17-10)22(19,20)18(13-7-8-13)11(2)14-6-4-5-9-16-14/h4-6,9,11,13H,7-8H2,1-3H3/t11-/m1/s1. The lowest BCUT2D eigenvalue weighted by molar-refractivity contribution is 0.327. The van der Waals surface area contributed by atoms with Crippen LogP contribution in [0.1, 0.15) is 43.0 Å². The van der Waals surface area contributed by atoms with Crippen LogP contribution < -0.4 is 0 Å². The zero-order valence-corrected chi connectivity index (χ0v) is 13.7. The molecule has 0 bridgehead atoms. The SMILES string of the molecule is Cc1noc(C)c1S(=O)(=O)N(C1CC1)[C@H](C)c1ccccn1. The average Bonchev–Trinajstić information content (AvgIpc) is 3.24. The minimum atomic E-state index is -3.67. The smallest absolute Gasteiger partial charge is 0.249 e. The predicted octanol–water partition coefficient (Wildman–Crippen LogP) is 2.60. The van der Waals surface area contributed by atoms with Gasteiger partial charge in [-0.25, -0.2) is 8.42 Å². The molecular formula is C15H19N3O3S. The minimum absolute atomic E-state index is 0.0238. The van der Waals surface area contributed by atoms with E-state index in [-0.39, 0.29) is 17.0 Å². The van der Waals surface area contributed by atoms with Crippen molar-refractivity contribution < 1.29 is 12.9 Å². The van der Waals surface area contributed by atoms with Gasteiger partial charge in [0.1, 0.15) is 10.6 Å².